The van der Waals surface area contributed by atoms with Gasteiger partial charge in [0.2, 0.25) is 0 Å². The van der Waals surface area contributed by atoms with E-state index in [9.17, 15) is 9.59 Å². The van der Waals surface area contributed by atoms with Crippen molar-refractivity contribution >= 4 is 11.9 Å². The first-order chi connectivity index (χ1) is 20.3. The molecule has 0 heterocycles. The molecule has 1 rings (SSSR count). The second-order valence-electron chi connectivity index (χ2n) is 12.6. The zero-order valence-corrected chi connectivity index (χ0v) is 28.1. The Morgan fingerprint density at radius 3 is 1.29 bits per heavy atom. The molecule has 0 aliphatic carbocycles. The minimum absolute atomic E-state index is 0.287. The predicted molar refractivity (Wildman–Crippen MR) is 177 cm³/mol. The summed E-state index contributed by atoms with van der Waals surface area (Å²) in [6.07, 6.45) is 23.3. The lowest BCUT2D eigenvalue weighted by molar-refractivity contribution is 0.0450. The Morgan fingerprint density at radius 1 is 0.571 bits per heavy atom. The number of esters is 2. The van der Waals surface area contributed by atoms with Gasteiger partial charge in [-0.25, -0.2) is 9.59 Å². The van der Waals surface area contributed by atoms with Crippen molar-refractivity contribution in [3.63, 3.8) is 0 Å². The summed E-state index contributed by atoms with van der Waals surface area (Å²) < 4.78 is 10.7. The molecule has 1 aromatic carbocycles. The van der Waals surface area contributed by atoms with Crippen LogP contribution >= 0.6 is 0 Å². The molecule has 0 aliphatic heterocycles. The molecule has 1 N–H and O–H groups in total. The van der Waals surface area contributed by atoms with E-state index in [1.807, 2.05) is 0 Å². The lowest BCUT2D eigenvalue weighted by Crippen LogP contribution is -2.15. The Morgan fingerprint density at radius 2 is 0.929 bits per heavy atom. The number of rotatable bonds is 25. The summed E-state index contributed by atoms with van der Waals surface area (Å²) >= 11 is 0. The number of carbonyl (C=O) groups is 2. The first-order valence-electron chi connectivity index (χ1n) is 17.4. The van der Waals surface area contributed by atoms with Gasteiger partial charge in [0.15, 0.2) is 0 Å². The quantitative estimate of drug-likeness (QED) is 0.0905. The van der Waals surface area contributed by atoms with Gasteiger partial charge in [-0.2, -0.15) is 0 Å². The molecule has 5 heteroatoms. The molecule has 0 saturated heterocycles. The van der Waals surface area contributed by atoms with Crippen molar-refractivity contribution in [3.8, 4) is 0 Å². The minimum Gasteiger partial charge on any atom is -0.462 e. The molecule has 0 aromatic heterocycles. The third-order valence-electron chi connectivity index (χ3n) is 7.45. The first-order valence-corrected chi connectivity index (χ1v) is 17.4. The third kappa shape index (κ3) is 24.7. The fourth-order valence-corrected chi connectivity index (χ4v) is 4.76. The zero-order chi connectivity index (χ0) is 31.3. The van der Waals surface area contributed by atoms with E-state index < -0.39 is 11.9 Å². The Bertz CT molecular complexity index is 695. The van der Waals surface area contributed by atoms with Crippen LogP contribution in [0.25, 0.3) is 0 Å². The highest BCUT2D eigenvalue weighted by molar-refractivity contribution is 6.03. The van der Waals surface area contributed by atoms with E-state index in [2.05, 4.69) is 34.6 Å². The Labute approximate surface area is 259 Å². The standard InChI is InChI=1S/C24H38O4.C13H28O/c1-19(2)13-7-5-11-17-27-23(25)21-15-9-10-16-22(21)24(26)28-18-12-6-8-14-20(3)4;1-2-3-4-5-6-7-8-9-10-11-12-13-14/h9-10,15-16,19-20H,5-8,11-14,17-18H2,1-4H3;14H,2-13H2,1H3. The average Bonchev–Trinajstić information content (AvgIpc) is 2.97. The summed E-state index contributed by atoms with van der Waals surface area (Å²) in [4.78, 5) is 24.7. The van der Waals surface area contributed by atoms with E-state index in [1.54, 1.807) is 24.3 Å². The predicted octanol–water partition coefficient (Wildman–Crippen LogP) is 10.7. The van der Waals surface area contributed by atoms with Crippen molar-refractivity contribution in [3.05, 3.63) is 35.4 Å². The summed E-state index contributed by atoms with van der Waals surface area (Å²) in [7, 11) is 0. The lowest BCUT2D eigenvalue weighted by Gasteiger charge is -2.10. The van der Waals surface area contributed by atoms with Crippen molar-refractivity contribution in [2.45, 2.75) is 157 Å². The highest BCUT2D eigenvalue weighted by Crippen LogP contribution is 2.15. The van der Waals surface area contributed by atoms with Gasteiger partial charge in [-0.15, -0.1) is 0 Å². The monoisotopic (exact) mass is 590 g/mol. The number of aliphatic hydroxyl groups excluding tert-OH is 1. The molecule has 0 aliphatic rings. The van der Waals surface area contributed by atoms with Gasteiger partial charge in [0, 0.05) is 6.61 Å². The number of carbonyl (C=O) groups excluding carboxylic acids is 2. The van der Waals surface area contributed by atoms with Crippen LogP contribution in [-0.4, -0.2) is 36.9 Å². The zero-order valence-electron chi connectivity index (χ0n) is 28.1. The van der Waals surface area contributed by atoms with Crippen LogP contribution in [0, 0.1) is 11.8 Å². The van der Waals surface area contributed by atoms with E-state index >= 15 is 0 Å². The van der Waals surface area contributed by atoms with Crippen LogP contribution in [0.4, 0.5) is 0 Å². The molecule has 0 saturated carbocycles. The second kappa shape index (κ2) is 29.2. The van der Waals surface area contributed by atoms with Gasteiger partial charge >= 0.3 is 11.9 Å². The topological polar surface area (TPSA) is 72.8 Å². The number of aliphatic hydroxyl groups is 1. The third-order valence-corrected chi connectivity index (χ3v) is 7.45. The molecule has 5 nitrogen and oxygen atoms in total. The van der Waals surface area contributed by atoms with Gasteiger partial charge in [0.25, 0.3) is 0 Å². The van der Waals surface area contributed by atoms with Crippen molar-refractivity contribution in [2.75, 3.05) is 19.8 Å². The van der Waals surface area contributed by atoms with Gasteiger partial charge in [0.1, 0.15) is 0 Å². The molecule has 0 fully saturated rings. The Hall–Kier alpha value is -1.88. The molecular formula is C37H66O5. The maximum absolute atomic E-state index is 12.4. The summed E-state index contributed by atoms with van der Waals surface area (Å²) in [5, 5.41) is 8.59. The Balaban J connectivity index is 0.00000101. The van der Waals surface area contributed by atoms with Crippen LogP contribution in [0.2, 0.25) is 0 Å². The maximum atomic E-state index is 12.4. The van der Waals surface area contributed by atoms with Crippen molar-refractivity contribution in [1.29, 1.82) is 0 Å². The van der Waals surface area contributed by atoms with Gasteiger partial charge in [-0.3, -0.25) is 0 Å². The largest absolute Gasteiger partial charge is 0.462 e. The lowest BCUT2D eigenvalue weighted by atomic mass is 10.1. The fourth-order valence-electron chi connectivity index (χ4n) is 4.76. The Kier molecular flexibility index (Phi) is 27.9. The molecule has 1 aromatic rings. The molecule has 0 spiro atoms. The molecule has 0 bridgehead atoms. The molecule has 42 heavy (non-hydrogen) atoms. The highest BCUT2D eigenvalue weighted by atomic mass is 16.5. The van der Waals surface area contributed by atoms with Crippen molar-refractivity contribution < 1.29 is 24.2 Å². The summed E-state index contributed by atoms with van der Waals surface area (Å²) in [6, 6.07) is 6.73. The average molecular weight is 591 g/mol. The van der Waals surface area contributed by atoms with Gasteiger partial charge in [-0.05, 0) is 43.2 Å². The number of benzene rings is 1. The van der Waals surface area contributed by atoms with E-state index in [4.69, 9.17) is 14.6 Å². The number of unbranched alkanes of at least 4 members (excludes halogenated alkanes) is 14. The minimum atomic E-state index is -0.451. The normalized spacial score (nSPS) is 11.0. The molecular weight excluding hydrogens is 524 g/mol. The maximum Gasteiger partial charge on any atom is 0.339 e. The summed E-state index contributed by atoms with van der Waals surface area (Å²) in [5.41, 5.74) is 0.573. The summed E-state index contributed by atoms with van der Waals surface area (Å²) in [5.74, 6) is 0.507. The molecule has 244 valence electrons. The van der Waals surface area contributed by atoms with E-state index in [0.717, 1.165) is 44.9 Å². The number of hydrogen-bond acceptors (Lipinski definition) is 5. The van der Waals surface area contributed by atoms with E-state index in [1.165, 1.54) is 77.0 Å². The van der Waals surface area contributed by atoms with Crippen molar-refractivity contribution in [2.24, 2.45) is 11.8 Å². The van der Waals surface area contributed by atoms with Crippen LogP contribution in [0.1, 0.15) is 177 Å². The van der Waals surface area contributed by atoms with Gasteiger partial charge in [0.05, 0.1) is 24.3 Å². The van der Waals surface area contributed by atoms with E-state index in [0.29, 0.717) is 31.7 Å². The first kappa shape index (κ1) is 40.1. The number of ether oxygens (including phenoxy) is 2. The van der Waals surface area contributed by atoms with Crippen LogP contribution in [-0.2, 0) is 9.47 Å². The highest BCUT2D eigenvalue weighted by Gasteiger charge is 2.18. The van der Waals surface area contributed by atoms with Crippen LogP contribution in [0.3, 0.4) is 0 Å². The van der Waals surface area contributed by atoms with Gasteiger partial charge in [-0.1, -0.05) is 149 Å². The summed E-state index contributed by atoms with van der Waals surface area (Å²) in [6.45, 7) is 12.2. The SMILES string of the molecule is CC(C)CCCCCOC(=O)c1ccccc1C(=O)OCCCCCC(C)C.CCCCCCCCCCCCCO. The number of hydrogen-bond donors (Lipinski definition) is 1. The van der Waals surface area contributed by atoms with E-state index in [-0.39, 0.29) is 11.1 Å². The molecule has 0 radical (unpaired) electrons. The van der Waals surface area contributed by atoms with Crippen LogP contribution in [0.5, 0.6) is 0 Å². The molecule has 0 unspecified atom stereocenters. The molecule has 0 atom stereocenters. The fraction of sp³-hybridized carbons (Fsp3) is 0.784. The van der Waals surface area contributed by atoms with Crippen LogP contribution in [0.15, 0.2) is 24.3 Å². The smallest absolute Gasteiger partial charge is 0.339 e. The second-order valence-corrected chi connectivity index (χ2v) is 12.6. The molecule has 0 amide bonds. The van der Waals surface area contributed by atoms with Crippen LogP contribution < -0.4 is 0 Å². The van der Waals surface area contributed by atoms with Gasteiger partial charge < -0.3 is 14.6 Å². The van der Waals surface area contributed by atoms with Crippen molar-refractivity contribution in [1.82, 2.24) is 0 Å².